The third kappa shape index (κ3) is 7.65. The van der Waals surface area contributed by atoms with Crippen LogP contribution in [0.1, 0.15) is 0 Å². The molecule has 4 aromatic rings. The quantitative estimate of drug-likeness (QED) is 0.297. The molecule has 0 atom stereocenters. The molecule has 2 aromatic carbocycles. The Hall–Kier alpha value is -2.61. The molecule has 4 rings (SSSR count). The zero-order valence-electron chi connectivity index (χ0n) is 15.5. The Balaban J connectivity index is 0.000000451. The van der Waals surface area contributed by atoms with Crippen LogP contribution in [0.3, 0.4) is 0 Å². The van der Waals surface area contributed by atoms with Gasteiger partial charge in [-0.3, -0.25) is 0 Å². The fourth-order valence-electron chi connectivity index (χ4n) is 2.15. The molecule has 0 aliphatic heterocycles. The molecule has 141 valence electrons. The summed E-state index contributed by atoms with van der Waals surface area (Å²) in [4.78, 5) is 8.44. The average Bonchev–Trinajstić information content (AvgIpc) is 2.71. The molecule has 0 unspecified atom stereocenters. The van der Waals surface area contributed by atoms with Crippen LogP contribution in [0.15, 0.2) is 97.3 Å². The van der Waals surface area contributed by atoms with Crippen molar-refractivity contribution in [1.29, 1.82) is 0 Å². The van der Waals surface area contributed by atoms with E-state index in [-0.39, 0.29) is 35.0 Å². The van der Waals surface area contributed by atoms with Crippen LogP contribution in [-0.2, 0) is 20.1 Å². The molecule has 0 aliphatic rings. The number of pyridine rings is 2. The van der Waals surface area contributed by atoms with Gasteiger partial charge in [0.2, 0.25) is 0 Å². The first-order valence-electron chi connectivity index (χ1n) is 7.70. The summed E-state index contributed by atoms with van der Waals surface area (Å²) in [7, 11) is 0. The minimum atomic E-state index is 0. The third-order valence-corrected chi connectivity index (χ3v) is 3.30. The van der Waals surface area contributed by atoms with Crippen LogP contribution >= 0.6 is 0 Å². The molecule has 0 saturated carbocycles. The number of aromatic nitrogens is 2. The molecule has 0 aliphatic carbocycles. The van der Waals surface area contributed by atoms with E-state index in [1.165, 1.54) is 0 Å². The van der Waals surface area contributed by atoms with Gasteiger partial charge in [-0.1, -0.05) is 24.3 Å². The summed E-state index contributed by atoms with van der Waals surface area (Å²) in [6.45, 7) is 0. The van der Waals surface area contributed by atoms with E-state index in [2.05, 4.69) is 22.1 Å². The molecule has 1 radical (unpaired) electrons. The minimum Gasteiger partial charge on any atom is -0.358 e. The second-order valence-corrected chi connectivity index (χ2v) is 4.98. The fraction of sp³-hybridized carbons (Fsp3) is 0. The van der Waals surface area contributed by atoms with E-state index < -0.39 is 0 Å². The molecule has 0 N–H and O–H groups in total. The molecule has 0 bridgehead atoms. The second-order valence-electron chi connectivity index (χ2n) is 4.98. The van der Waals surface area contributed by atoms with Crippen molar-refractivity contribution < 1.29 is 20.1 Å². The maximum Gasteiger partial charge on any atom is 0.0160 e. The van der Waals surface area contributed by atoms with E-state index >= 15 is 0 Å². The van der Waals surface area contributed by atoms with Gasteiger partial charge in [0.15, 0.2) is 0 Å². The largest absolute Gasteiger partial charge is 0.358 e. The molecule has 3 heteroatoms. The van der Waals surface area contributed by atoms with Crippen LogP contribution in [0, 0.1) is 27.0 Å². The van der Waals surface area contributed by atoms with Crippen LogP contribution in [0.4, 0.5) is 0 Å². The number of rotatable bonds is 2. The number of hydrogen-bond acceptors (Lipinski definition) is 2. The van der Waals surface area contributed by atoms with Gasteiger partial charge in [0.05, 0.1) is 0 Å². The average molecular weight is 531 g/mol. The summed E-state index contributed by atoms with van der Waals surface area (Å²) in [5.74, 6) is 0. The van der Waals surface area contributed by atoms with Gasteiger partial charge >= 0.3 is 0 Å². The molecule has 2 nitrogen and oxygen atoms in total. The molecule has 2 aromatic heterocycles. The fourth-order valence-corrected chi connectivity index (χ4v) is 2.15. The summed E-state index contributed by atoms with van der Waals surface area (Å²) in [5, 5.41) is 0. The monoisotopic (exact) mass is 531 g/mol. The predicted octanol–water partition coefficient (Wildman–Crippen LogP) is 6.00. The first-order chi connectivity index (χ1) is 11.9. The number of hydrogen-bond donors (Lipinski definition) is 0. The van der Waals surface area contributed by atoms with Gasteiger partial charge in [-0.05, 0) is 23.5 Å². The van der Waals surface area contributed by atoms with Crippen LogP contribution in [0.25, 0.3) is 22.5 Å². The third-order valence-electron chi connectivity index (χ3n) is 3.30. The van der Waals surface area contributed by atoms with Gasteiger partial charge in [-0.15, -0.1) is 71.8 Å². The molecule has 0 spiro atoms. The summed E-state index contributed by atoms with van der Waals surface area (Å²) < 4.78 is 0. The Morgan fingerprint density at radius 3 is 1.22 bits per heavy atom. The summed E-state index contributed by atoms with van der Waals surface area (Å²) in [6.07, 6.45) is 3.58. The van der Waals surface area contributed by atoms with Crippen LogP contribution in [0.2, 0.25) is 0 Å². The Kier molecular flexibility index (Phi) is 12.3. The first-order valence-corrected chi connectivity index (χ1v) is 7.70. The maximum atomic E-state index is 4.22. The van der Waals surface area contributed by atoms with E-state index in [0.717, 1.165) is 22.5 Å². The van der Waals surface area contributed by atoms with Gasteiger partial charge in [0.25, 0.3) is 0 Å². The minimum absolute atomic E-state index is 0. The predicted molar refractivity (Wildman–Crippen MR) is 110 cm³/mol. The van der Waals surface area contributed by atoms with Gasteiger partial charge in [-0.2, -0.15) is 0 Å². The number of nitrogens with zero attached hydrogens (tertiary/aromatic N) is 2. The zero-order valence-corrected chi connectivity index (χ0v) is 17.9. The molecule has 27 heavy (non-hydrogen) atoms. The van der Waals surface area contributed by atoms with Crippen LogP contribution < -0.4 is 0 Å². The van der Waals surface area contributed by atoms with Crippen molar-refractivity contribution in [2.75, 3.05) is 0 Å². The van der Waals surface area contributed by atoms with Gasteiger partial charge < -0.3 is 24.8 Å². The molecule has 0 saturated heterocycles. The van der Waals surface area contributed by atoms with Crippen LogP contribution in [0.5, 0.6) is 0 Å². The molecular formula is C24H22IrN2-4. The van der Waals surface area contributed by atoms with Crippen molar-refractivity contribution in [3.05, 3.63) is 124 Å². The normalized spacial score (nSPS) is 8.59. The Morgan fingerprint density at radius 1 is 0.519 bits per heavy atom. The van der Waals surface area contributed by atoms with Crippen molar-refractivity contribution in [1.82, 2.24) is 9.97 Å². The smallest absolute Gasteiger partial charge is 0.0160 e. The second kappa shape index (κ2) is 13.6. The van der Waals surface area contributed by atoms with Gasteiger partial charge in [-0.25, -0.2) is 0 Å². The van der Waals surface area contributed by atoms with Crippen LogP contribution in [-0.4, -0.2) is 9.97 Å². The van der Waals surface area contributed by atoms with Crippen molar-refractivity contribution in [2.24, 2.45) is 0 Å². The van der Waals surface area contributed by atoms with E-state index in [9.17, 15) is 0 Å². The maximum absolute atomic E-state index is 4.22. The SMILES string of the molecule is [CH3-].[CH3-].[Ir].[c-]1ccccc1-c1ccccn1.[c-]1ccccc1-c1ccccn1. The topological polar surface area (TPSA) is 25.8 Å². The van der Waals surface area contributed by atoms with Gasteiger partial charge in [0.1, 0.15) is 0 Å². The van der Waals surface area contributed by atoms with E-state index in [1.54, 1.807) is 12.4 Å². The van der Waals surface area contributed by atoms with Gasteiger partial charge in [0, 0.05) is 32.5 Å². The Bertz CT molecular complexity index is 686. The standard InChI is InChI=1S/2C11H8N.2CH3.Ir/c2*1-2-6-10(7-3-1)11-8-4-5-9-12-11;;;/h2*1-6,8-9H;2*1H3;/q4*-1;. The number of benzene rings is 2. The molecule has 0 fully saturated rings. The Morgan fingerprint density at radius 2 is 0.926 bits per heavy atom. The summed E-state index contributed by atoms with van der Waals surface area (Å²) >= 11 is 0. The summed E-state index contributed by atoms with van der Waals surface area (Å²) in [5.41, 5.74) is 4.02. The van der Waals surface area contributed by atoms with E-state index in [4.69, 9.17) is 0 Å². The summed E-state index contributed by atoms with van der Waals surface area (Å²) in [6, 6.07) is 33.6. The van der Waals surface area contributed by atoms with Crippen molar-refractivity contribution in [2.45, 2.75) is 0 Å². The zero-order chi connectivity index (χ0) is 16.5. The molecule has 0 amide bonds. The molecule has 2 heterocycles. The Labute approximate surface area is 176 Å². The van der Waals surface area contributed by atoms with E-state index in [1.807, 2.05) is 84.9 Å². The molecular weight excluding hydrogens is 508 g/mol. The van der Waals surface area contributed by atoms with Crippen molar-refractivity contribution >= 4 is 0 Å². The van der Waals surface area contributed by atoms with Crippen molar-refractivity contribution in [3.63, 3.8) is 0 Å². The first kappa shape index (κ1) is 24.4. The van der Waals surface area contributed by atoms with E-state index in [0.29, 0.717) is 0 Å². The van der Waals surface area contributed by atoms with Crippen molar-refractivity contribution in [3.8, 4) is 22.5 Å².